The third kappa shape index (κ3) is 1.83. The minimum atomic E-state index is -3.81. The van der Waals surface area contributed by atoms with Crippen LogP contribution in [0.5, 0.6) is 0 Å². The molecule has 7 heteroatoms. The van der Waals surface area contributed by atoms with Crippen molar-refractivity contribution >= 4 is 26.7 Å². The summed E-state index contributed by atoms with van der Waals surface area (Å²) < 4.78 is 25.8. The number of aromatic nitrogens is 3. The normalized spacial score (nSPS) is 11.3. The van der Waals surface area contributed by atoms with Gasteiger partial charge in [-0.05, 0) is 24.3 Å². The number of hydrogen-bond donors (Lipinski definition) is 0. The molecule has 1 heterocycles. The Labute approximate surface area is 115 Å². The average Bonchev–Trinajstić information content (AvgIpc) is 2.91. The molecule has 0 saturated heterocycles. The van der Waals surface area contributed by atoms with Crippen LogP contribution in [0.2, 0.25) is 0 Å². The Bertz CT molecular complexity index is 924. The van der Waals surface area contributed by atoms with E-state index >= 15 is 0 Å². The van der Waals surface area contributed by atoms with E-state index in [1.165, 1.54) is 18.2 Å². The second kappa shape index (κ2) is 4.43. The predicted octanol–water partition coefficient (Wildman–Crippen LogP) is 2.22. The van der Waals surface area contributed by atoms with Crippen LogP contribution in [0.3, 0.4) is 0 Å². The summed E-state index contributed by atoms with van der Waals surface area (Å²) in [6.07, 6.45) is 0. The number of nitrogens with zero attached hydrogens (tertiary/aromatic N) is 4. The van der Waals surface area contributed by atoms with E-state index < -0.39 is 10.0 Å². The van der Waals surface area contributed by atoms with Crippen LogP contribution < -0.4 is 0 Å². The van der Waals surface area contributed by atoms with Crippen molar-refractivity contribution in [2.75, 3.05) is 0 Å². The molecule has 0 radical (unpaired) electrons. The Morgan fingerprint density at radius 3 is 2.55 bits per heavy atom. The van der Waals surface area contributed by atoms with Crippen LogP contribution in [0.15, 0.2) is 53.4 Å². The molecule has 0 atom stereocenters. The van der Waals surface area contributed by atoms with Gasteiger partial charge in [0.05, 0.1) is 17.0 Å². The highest BCUT2D eigenvalue weighted by molar-refractivity contribution is 7.90. The van der Waals surface area contributed by atoms with E-state index in [0.717, 1.165) is 4.09 Å². The Balaban J connectivity index is 2.28. The molecule has 0 aliphatic heterocycles. The van der Waals surface area contributed by atoms with Gasteiger partial charge in [-0.3, -0.25) is 0 Å². The van der Waals surface area contributed by atoms with Gasteiger partial charge in [-0.15, -0.1) is 9.19 Å². The van der Waals surface area contributed by atoms with Crippen LogP contribution in [-0.2, 0) is 10.0 Å². The molecule has 1 aromatic heterocycles. The highest BCUT2D eigenvalue weighted by Crippen LogP contribution is 2.22. The van der Waals surface area contributed by atoms with Crippen LogP contribution in [0.1, 0.15) is 0 Å². The first-order valence-electron chi connectivity index (χ1n) is 5.66. The molecule has 0 amide bonds. The monoisotopic (exact) mass is 284 g/mol. The van der Waals surface area contributed by atoms with Gasteiger partial charge >= 0.3 is 0 Å². The summed E-state index contributed by atoms with van der Waals surface area (Å²) in [6.45, 7) is 6.99. The molecule has 0 aliphatic carbocycles. The molecule has 6 nitrogen and oxygen atoms in total. The Kier molecular flexibility index (Phi) is 2.73. The molecule has 0 fully saturated rings. The van der Waals surface area contributed by atoms with Crippen molar-refractivity contribution in [3.8, 4) is 0 Å². The molecule has 2 aromatic carbocycles. The van der Waals surface area contributed by atoms with Crippen molar-refractivity contribution in [3.63, 3.8) is 0 Å². The summed E-state index contributed by atoms with van der Waals surface area (Å²) in [4.78, 5) is 3.41. The van der Waals surface area contributed by atoms with Crippen LogP contribution in [-0.4, -0.2) is 22.8 Å². The van der Waals surface area contributed by atoms with Gasteiger partial charge in [0.15, 0.2) is 5.69 Å². The number of rotatable bonds is 2. The van der Waals surface area contributed by atoms with E-state index in [1.54, 1.807) is 30.3 Å². The number of benzene rings is 2. The maximum absolute atomic E-state index is 12.5. The van der Waals surface area contributed by atoms with Crippen LogP contribution in [0.25, 0.3) is 15.9 Å². The fraction of sp³-hybridized carbons (Fsp3) is 0. The highest BCUT2D eigenvalue weighted by atomic mass is 32.2. The average molecular weight is 284 g/mol. The Morgan fingerprint density at radius 1 is 1.10 bits per heavy atom. The summed E-state index contributed by atoms with van der Waals surface area (Å²) in [5, 5.41) is 7.51. The van der Waals surface area contributed by atoms with Crippen molar-refractivity contribution in [2.45, 2.75) is 4.90 Å². The van der Waals surface area contributed by atoms with Gasteiger partial charge in [-0.25, -0.2) is 4.85 Å². The Morgan fingerprint density at radius 2 is 1.85 bits per heavy atom. The summed E-state index contributed by atoms with van der Waals surface area (Å²) in [5.74, 6) is 0. The van der Waals surface area contributed by atoms with Gasteiger partial charge in [0.1, 0.15) is 5.52 Å². The Hall–Kier alpha value is -2.72. The summed E-state index contributed by atoms with van der Waals surface area (Å²) in [5.41, 5.74) is 1.06. The second-order valence-electron chi connectivity index (χ2n) is 4.04. The lowest BCUT2D eigenvalue weighted by molar-refractivity contribution is 0.579. The molecule has 0 saturated carbocycles. The second-order valence-corrected chi connectivity index (χ2v) is 5.80. The molecule has 0 bridgehead atoms. The molecule has 0 N–H and O–H groups in total. The van der Waals surface area contributed by atoms with Gasteiger partial charge in [0, 0.05) is 0 Å². The van der Waals surface area contributed by atoms with Gasteiger partial charge in [-0.2, -0.15) is 8.42 Å². The molecule has 20 heavy (non-hydrogen) atoms. The zero-order valence-electron chi connectivity index (χ0n) is 10.1. The van der Waals surface area contributed by atoms with E-state index in [2.05, 4.69) is 15.2 Å². The first-order valence-corrected chi connectivity index (χ1v) is 7.10. The predicted molar refractivity (Wildman–Crippen MR) is 72.8 cm³/mol. The van der Waals surface area contributed by atoms with Gasteiger partial charge in [0.2, 0.25) is 0 Å². The van der Waals surface area contributed by atoms with Crippen LogP contribution in [0.4, 0.5) is 5.69 Å². The third-order valence-corrected chi connectivity index (χ3v) is 4.39. The molecule has 0 unspecified atom stereocenters. The first-order chi connectivity index (χ1) is 9.63. The van der Waals surface area contributed by atoms with Crippen molar-refractivity contribution in [2.24, 2.45) is 0 Å². The van der Waals surface area contributed by atoms with Crippen molar-refractivity contribution in [1.29, 1.82) is 0 Å². The fourth-order valence-corrected chi connectivity index (χ4v) is 3.06. The zero-order valence-corrected chi connectivity index (χ0v) is 10.9. The number of hydrogen-bond acceptors (Lipinski definition) is 4. The topological polar surface area (TPSA) is 69.2 Å². The van der Waals surface area contributed by atoms with Crippen molar-refractivity contribution in [3.05, 3.63) is 59.9 Å². The quantitative estimate of drug-likeness (QED) is 0.677. The summed E-state index contributed by atoms with van der Waals surface area (Å²) in [6, 6.07) is 12.6. The van der Waals surface area contributed by atoms with Crippen LogP contribution in [0, 0.1) is 6.57 Å². The molecule has 0 aliphatic rings. The lowest BCUT2D eigenvalue weighted by Gasteiger charge is -2.04. The van der Waals surface area contributed by atoms with E-state index in [4.69, 9.17) is 6.57 Å². The maximum atomic E-state index is 12.5. The van der Waals surface area contributed by atoms with Gasteiger partial charge in [-0.1, -0.05) is 29.5 Å². The minimum absolute atomic E-state index is 0.125. The molecule has 98 valence electrons. The molecule has 0 spiro atoms. The van der Waals surface area contributed by atoms with E-state index in [9.17, 15) is 8.42 Å². The van der Waals surface area contributed by atoms with Crippen LogP contribution >= 0.6 is 0 Å². The lowest BCUT2D eigenvalue weighted by atomic mass is 10.3. The van der Waals surface area contributed by atoms with E-state index in [0.29, 0.717) is 16.7 Å². The molecular formula is C13H8N4O2S. The minimum Gasteiger partial charge on any atom is -0.238 e. The standard InChI is InChI=1S/C13H8N4O2S/c1-14-10-7-8-12-13(9-10)17(16-15-12)20(18,19)11-5-3-2-4-6-11/h2-9H. The first kappa shape index (κ1) is 12.3. The van der Waals surface area contributed by atoms with Gasteiger partial charge in [0.25, 0.3) is 10.0 Å². The summed E-state index contributed by atoms with van der Waals surface area (Å²) >= 11 is 0. The smallest absolute Gasteiger partial charge is 0.238 e. The third-order valence-electron chi connectivity index (χ3n) is 2.80. The van der Waals surface area contributed by atoms with E-state index in [1.807, 2.05) is 0 Å². The van der Waals surface area contributed by atoms with Gasteiger partial charge < -0.3 is 0 Å². The van der Waals surface area contributed by atoms with E-state index in [-0.39, 0.29) is 4.90 Å². The maximum Gasteiger partial charge on any atom is 0.284 e. The zero-order chi connectivity index (χ0) is 14.2. The van der Waals surface area contributed by atoms with Crippen molar-refractivity contribution < 1.29 is 8.42 Å². The fourth-order valence-electron chi connectivity index (χ4n) is 1.83. The highest BCUT2D eigenvalue weighted by Gasteiger charge is 2.20. The molecule has 3 aromatic rings. The SMILES string of the molecule is [C-]#[N+]c1ccc2nnn(S(=O)(=O)c3ccccc3)c2c1. The summed E-state index contributed by atoms with van der Waals surface area (Å²) in [7, 11) is -3.81. The molecular weight excluding hydrogens is 276 g/mol. The van der Waals surface area contributed by atoms with Crippen molar-refractivity contribution in [1.82, 2.24) is 14.4 Å². The number of fused-ring (bicyclic) bond motifs is 1. The molecule has 3 rings (SSSR count). The largest absolute Gasteiger partial charge is 0.284 e. The lowest BCUT2D eigenvalue weighted by Crippen LogP contribution is -2.14.